The van der Waals surface area contributed by atoms with Crippen molar-refractivity contribution < 1.29 is 19.4 Å². The minimum Gasteiger partial charge on any atom is -0.481 e. The second kappa shape index (κ2) is 5.02. The van der Waals surface area contributed by atoms with Crippen LogP contribution in [0.15, 0.2) is 0 Å². The van der Waals surface area contributed by atoms with Crippen LogP contribution in [0.25, 0.3) is 0 Å². The first-order chi connectivity index (χ1) is 8.47. The van der Waals surface area contributed by atoms with Crippen molar-refractivity contribution in [2.75, 3.05) is 0 Å². The highest BCUT2D eigenvalue weighted by Gasteiger charge is 2.51. The van der Waals surface area contributed by atoms with Crippen molar-refractivity contribution >= 4 is 12.1 Å². The van der Waals surface area contributed by atoms with E-state index in [0.29, 0.717) is 0 Å². The minimum absolute atomic E-state index is 0.0306. The van der Waals surface area contributed by atoms with Crippen LogP contribution in [-0.2, 0) is 9.53 Å². The number of aliphatic carboxylic acids is 1. The average molecular weight is 271 g/mol. The molecule has 1 rings (SSSR count). The number of nitrogens with one attached hydrogen (secondary N) is 1. The third-order valence-corrected chi connectivity index (χ3v) is 3.84. The van der Waals surface area contributed by atoms with Crippen LogP contribution in [0.1, 0.15) is 60.3 Å². The maximum absolute atomic E-state index is 11.9. The highest BCUT2D eigenvalue weighted by molar-refractivity contribution is 5.71. The summed E-state index contributed by atoms with van der Waals surface area (Å²) in [5.41, 5.74) is -1.51. The molecule has 0 aromatic carbocycles. The molecule has 0 spiro atoms. The van der Waals surface area contributed by atoms with Crippen molar-refractivity contribution in [3.8, 4) is 0 Å². The van der Waals surface area contributed by atoms with Gasteiger partial charge in [-0.15, -0.1) is 0 Å². The van der Waals surface area contributed by atoms with Gasteiger partial charge in [0.1, 0.15) is 5.60 Å². The van der Waals surface area contributed by atoms with Gasteiger partial charge in [0.15, 0.2) is 0 Å². The second-order valence-electron chi connectivity index (χ2n) is 7.02. The van der Waals surface area contributed by atoms with Gasteiger partial charge in [-0.25, -0.2) is 4.79 Å². The molecule has 1 aliphatic carbocycles. The fourth-order valence-corrected chi connectivity index (χ4v) is 2.55. The van der Waals surface area contributed by atoms with Gasteiger partial charge in [-0.3, -0.25) is 4.79 Å². The third kappa shape index (κ3) is 3.85. The predicted octanol–water partition coefficient (Wildman–Crippen LogP) is 2.93. The smallest absolute Gasteiger partial charge is 0.408 e. The maximum atomic E-state index is 11.9. The van der Waals surface area contributed by atoms with Crippen LogP contribution < -0.4 is 5.32 Å². The van der Waals surface area contributed by atoms with Crippen molar-refractivity contribution in [1.29, 1.82) is 0 Å². The van der Waals surface area contributed by atoms with Crippen LogP contribution in [0.2, 0.25) is 0 Å². The molecule has 1 aliphatic rings. The first-order valence-corrected chi connectivity index (χ1v) is 6.70. The van der Waals surface area contributed by atoms with Crippen LogP contribution in [0, 0.1) is 5.41 Å². The lowest BCUT2D eigenvalue weighted by Crippen LogP contribution is -2.63. The fourth-order valence-electron chi connectivity index (χ4n) is 2.55. The van der Waals surface area contributed by atoms with Crippen LogP contribution in [0.5, 0.6) is 0 Å². The van der Waals surface area contributed by atoms with E-state index in [4.69, 9.17) is 9.84 Å². The lowest BCUT2D eigenvalue weighted by Gasteiger charge is -2.52. The van der Waals surface area contributed by atoms with E-state index < -0.39 is 28.6 Å². The molecule has 5 heteroatoms. The monoisotopic (exact) mass is 271 g/mol. The van der Waals surface area contributed by atoms with E-state index in [-0.39, 0.29) is 6.42 Å². The molecule has 2 N–H and O–H groups in total. The Hall–Kier alpha value is -1.26. The quantitative estimate of drug-likeness (QED) is 0.824. The zero-order chi connectivity index (χ0) is 14.9. The summed E-state index contributed by atoms with van der Waals surface area (Å²) in [7, 11) is 0. The lowest BCUT2D eigenvalue weighted by atomic mass is 9.59. The zero-order valence-corrected chi connectivity index (χ0v) is 12.5. The minimum atomic E-state index is -0.845. The van der Waals surface area contributed by atoms with Gasteiger partial charge in [0, 0.05) is 5.54 Å². The summed E-state index contributed by atoms with van der Waals surface area (Å²) in [6, 6.07) is 0. The SMILES string of the molecule is CC(C)(C)OC(=O)NC1(C(C)(C)CC(=O)O)CCC1. The van der Waals surface area contributed by atoms with Gasteiger partial charge < -0.3 is 15.2 Å². The molecule has 0 saturated heterocycles. The molecule has 1 amide bonds. The molecule has 0 unspecified atom stereocenters. The summed E-state index contributed by atoms with van der Waals surface area (Å²) in [4.78, 5) is 22.9. The summed E-state index contributed by atoms with van der Waals surface area (Å²) >= 11 is 0. The summed E-state index contributed by atoms with van der Waals surface area (Å²) in [5.74, 6) is -0.845. The van der Waals surface area contributed by atoms with Crippen LogP contribution >= 0.6 is 0 Å². The molecule has 0 atom stereocenters. The number of amides is 1. The second-order valence-corrected chi connectivity index (χ2v) is 7.02. The fraction of sp³-hybridized carbons (Fsp3) is 0.857. The van der Waals surface area contributed by atoms with Crippen LogP contribution in [-0.4, -0.2) is 28.3 Å². The number of rotatable bonds is 4. The van der Waals surface area contributed by atoms with E-state index in [1.807, 2.05) is 34.6 Å². The van der Waals surface area contributed by atoms with Gasteiger partial charge in [0.25, 0.3) is 0 Å². The summed E-state index contributed by atoms with van der Waals surface area (Å²) in [6.07, 6.45) is 2.16. The van der Waals surface area contributed by atoms with Gasteiger partial charge in [-0.2, -0.15) is 0 Å². The van der Waals surface area contributed by atoms with Gasteiger partial charge >= 0.3 is 12.1 Å². The number of alkyl carbamates (subject to hydrolysis) is 1. The van der Waals surface area contributed by atoms with Crippen molar-refractivity contribution in [2.45, 2.75) is 71.4 Å². The summed E-state index contributed by atoms with van der Waals surface area (Å²) in [5, 5.41) is 11.9. The highest BCUT2D eigenvalue weighted by Crippen LogP contribution is 2.48. The van der Waals surface area contributed by atoms with Crippen molar-refractivity contribution in [1.82, 2.24) is 5.32 Å². The number of carboxylic acid groups (broad SMARTS) is 1. The molecule has 0 aromatic rings. The Bertz CT molecular complexity index is 364. The standard InChI is InChI=1S/C14H25NO4/c1-12(2,3)19-11(18)15-14(7-6-8-14)13(4,5)9-10(16)17/h6-9H2,1-5H3,(H,15,18)(H,16,17). The number of carbonyl (C=O) groups is 2. The first-order valence-electron chi connectivity index (χ1n) is 6.70. The molecule has 0 aromatic heterocycles. The number of hydrogen-bond donors (Lipinski definition) is 2. The summed E-state index contributed by atoms with van der Waals surface area (Å²) < 4.78 is 5.27. The molecular weight excluding hydrogens is 246 g/mol. The molecule has 0 aliphatic heterocycles. The topological polar surface area (TPSA) is 75.6 Å². The molecule has 5 nitrogen and oxygen atoms in total. The molecule has 1 fully saturated rings. The van der Waals surface area contributed by atoms with Gasteiger partial charge in [0.05, 0.1) is 6.42 Å². The Morgan fingerprint density at radius 2 is 1.74 bits per heavy atom. The van der Waals surface area contributed by atoms with E-state index in [2.05, 4.69) is 5.32 Å². The van der Waals surface area contributed by atoms with Crippen molar-refractivity contribution in [3.05, 3.63) is 0 Å². The molecule has 0 heterocycles. The Labute approximate surface area is 114 Å². The van der Waals surface area contributed by atoms with Gasteiger partial charge in [-0.05, 0) is 45.4 Å². The van der Waals surface area contributed by atoms with Crippen LogP contribution in [0.3, 0.4) is 0 Å². The summed E-state index contributed by atoms with van der Waals surface area (Å²) in [6.45, 7) is 9.20. The van der Waals surface area contributed by atoms with E-state index in [1.165, 1.54) is 0 Å². The van der Waals surface area contributed by atoms with E-state index >= 15 is 0 Å². The Kier molecular flexibility index (Phi) is 4.17. The predicted molar refractivity (Wildman–Crippen MR) is 72.0 cm³/mol. The number of hydrogen-bond acceptors (Lipinski definition) is 3. The lowest BCUT2D eigenvalue weighted by molar-refractivity contribution is -0.141. The number of carboxylic acids is 1. The van der Waals surface area contributed by atoms with Crippen molar-refractivity contribution in [3.63, 3.8) is 0 Å². The zero-order valence-electron chi connectivity index (χ0n) is 12.5. The van der Waals surface area contributed by atoms with Crippen molar-refractivity contribution in [2.24, 2.45) is 5.41 Å². The molecule has 1 saturated carbocycles. The van der Waals surface area contributed by atoms with E-state index in [1.54, 1.807) is 0 Å². The van der Waals surface area contributed by atoms with E-state index in [9.17, 15) is 9.59 Å². The third-order valence-electron chi connectivity index (χ3n) is 3.84. The first kappa shape index (κ1) is 15.8. The highest BCUT2D eigenvalue weighted by atomic mass is 16.6. The largest absolute Gasteiger partial charge is 0.481 e. The Morgan fingerprint density at radius 1 is 1.21 bits per heavy atom. The number of carbonyl (C=O) groups excluding carboxylic acids is 1. The van der Waals surface area contributed by atoms with Gasteiger partial charge in [-0.1, -0.05) is 13.8 Å². The molecule has 110 valence electrons. The molecule has 19 heavy (non-hydrogen) atoms. The van der Waals surface area contributed by atoms with E-state index in [0.717, 1.165) is 19.3 Å². The molecular formula is C14H25NO4. The molecule has 0 radical (unpaired) electrons. The van der Waals surface area contributed by atoms with Crippen LogP contribution in [0.4, 0.5) is 4.79 Å². The van der Waals surface area contributed by atoms with Gasteiger partial charge in [0.2, 0.25) is 0 Å². The maximum Gasteiger partial charge on any atom is 0.408 e. The number of ether oxygens (including phenoxy) is 1. The normalized spacial score (nSPS) is 18.4. The Morgan fingerprint density at radius 3 is 2.05 bits per heavy atom. The molecule has 0 bridgehead atoms. The average Bonchev–Trinajstić information content (AvgIpc) is 2.05. The Balaban J connectivity index is 2.76.